The highest BCUT2D eigenvalue weighted by Gasteiger charge is 2.26. The third kappa shape index (κ3) is 4.05. The number of likely N-dealkylation sites (tertiary alicyclic amines) is 1. The molecule has 1 fully saturated rings. The van der Waals surface area contributed by atoms with Crippen LogP contribution in [-0.4, -0.2) is 50.1 Å². The Kier molecular flexibility index (Phi) is 5.25. The second kappa shape index (κ2) is 7.80. The Morgan fingerprint density at radius 2 is 1.85 bits per heavy atom. The summed E-state index contributed by atoms with van der Waals surface area (Å²) in [6.45, 7) is 6.53. The number of fused-ring (bicyclic) bond motifs is 1. The van der Waals surface area contributed by atoms with Crippen molar-refractivity contribution in [2.24, 2.45) is 13.0 Å². The van der Waals surface area contributed by atoms with Crippen molar-refractivity contribution in [2.75, 3.05) is 19.6 Å². The normalized spacial score (nSPS) is 18.5. The molecule has 0 spiro atoms. The van der Waals surface area contributed by atoms with Crippen LogP contribution >= 0.6 is 0 Å². The van der Waals surface area contributed by atoms with Crippen molar-refractivity contribution in [1.29, 1.82) is 0 Å². The molecule has 0 bridgehead atoms. The number of amides is 1. The summed E-state index contributed by atoms with van der Waals surface area (Å²) in [7, 11) is 2.02. The molecular weight excluding hydrogens is 338 g/mol. The SMILES string of the molecule is Cc1nnc(CN2CCC(CC(=O)N3CCc4ccccc4C3)CC2)n1C. The highest BCUT2D eigenvalue weighted by molar-refractivity contribution is 5.76. The summed E-state index contributed by atoms with van der Waals surface area (Å²) >= 11 is 0. The molecular formula is C21H29N5O. The Balaban J connectivity index is 1.26. The van der Waals surface area contributed by atoms with Gasteiger partial charge in [0.1, 0.15) is 11.6 Å². The highest BCUT2D eigenvalue weighted by atomic mass is 16.2. The van der Waals surface area contributed by atoms with Crippen LogP contribution in [0, 0.1) is 12.8 Å². The van der Waals surface area contributed by atoms with Gasteiger partial charge in [-0.15, -0.1) is 10.2 Å². The predicted molar refractivity (Wildman–Crippen MR) is 104 cm³/mol. The van der Waals surface area contributed by atoms with Crippen molar-refractivity contribution in [2.45, 2.75) is 45.7 Å². The van der Waals surface area contributed by atoms with E-state index in [-0.39, 0.29) is 0 Å². The van der Waals surface area contributed by atoms with Gasteiger partial charge in [0, 0.05) is 26.6 Å². The number of carbonyl (C=O) groups excluding carboxylic acids is 1. The van der Waals surface area contributed by atoms with E-state index >= 15 is 0 Å². The van der Waals surface area contributed by atoms with Crippen molar-refractivity contribution in [3.05, 3.63) is 47.0 Å². The van der Waals surface area contributed by atoms with Gasteiger partial charge in [-0.1, -0.05) is 24.3 Å². The van der Waals surface area contributed by atoms with E-state index in [1.54, 1.807) is 0 Å². The second-order valence-electron chi connectivity index (χ2n) is 7.98. The number of nitrogens with zero attached hydrogens (tertiary/aromatic N) is 5. The van der Waals surface area contributed by atoms with E-state index in [1.165, 1.54) is 11.1 Å². The Morgan fingerprint density at radius 3 is 2.56 bits per heavy atom. The summed E-state index contributed by atoms with van der Waals surface area (Å²) in [5, 5.41) is 8.41. The van der Waals surface area contributed by atoms with Gasteiger partial charge in [-0.3, -0.25) is 9.69 Å². The van der Waals surface area contributed by atoms with Crippen LogP contribution in [0.3, 0.4) is 0 Å². The van der Waals surface area contributed by atoms with E-state index < -0.39 is 0 Å². The smallest absolute Gasteiger partial charge is 0.223 e. The van der Waals surface area contributed by atoms with Crippen molar-refractivity contribution >= 4 is 5.91 Å². The summed E-state index contributed by atoms with van der Waals surface area (Å²) < 4.78 is 2.06. The zero-order chi connectivity index (χ0) is 18.8. The minimum Gasteiger partial charge on any atom is -0.338 e. The van der Waals surface area contributed by atoms with E-state index in [0.717, 1.165) is 63.6 Å². The number of aromatic nitrogens is 3. The Hall–Kier alpha value is -2.21. The van der Waals surface area contributed by atoms with Crippen molar-refractivity contribution in [3.8, 4) is 0 Å². The van der Waals surface area contributed by atoms with Crippen LogP contribution in [0.2, 0.25) is 0 Å². The van der Waals surface area contributed by atoms with Crippen LogP contribution in [0.15, 0.2) is 24.3 Å². The Morgan fingerprint density at radius 1 is 1.11 bits per heavy atom. The zero-order valence-electron chi connectivity index (χ0n) is 16.4. The molecule has 6 heteroatoms. The summed E-state index contributed by atoms with van der Waals surface area (Å²) in [5.41, 5.74) is 2.71. The maximum atomic E-state index is 12.8. The molecule has 1 amide bonds. The highest BCUT2D eigenvalue weighted by Crippen LogP contribution is 2.25. The quantitative estimate of drug-likeness (QED) is 0.832. The van der Waals surface area contributed by atoms with Gasteiger partial charge in [-0.2, -0.15) is 0 Å². The molecule has 3 heterocycles. The average molecular weight is 367 g/mol. The number of rotatable bonds is 4. The molecule has 1 aromatic heterocycles. The lowest BCUT2D eigenvalue weighted by atomic mass is 9.92. The van der Waals surface area contributed by atoms with Crippen molar-refractivity contribution < 1.29 is 4.79 Å². The molecule has 144 valence electrons. The van der Waals surface area contributed by atoms with E-state index in [0.29, 0.717) is 18.2 Å². The summed E-state index contributed by atoms with van der Waals surface area (Å²) in [6.07, 6.45) is 3.86. The molecule has 2 aromatic rings. The van der Waals surface area contributed by atoms with Crippen LogP contribution < -0.4 is 0 Å². The predicted octanol–water partition coefficient (Wildman–Crippen LogP) is 2.31. The Bertz CT molecular complexity index is 807. The molecule has 4 rings (SSSR count). The van der Waals surface area contributed by atoms with E-state index in [4.69, 9.17) is 0 Å². The van der Waals surface area contributed by atoms with Gasteiger partial charge in [-0.25, -0.2) is 0 Å². The van der Waals surface area contributed by atoms with E-state index in [2.05, 4.69) is 48.8 Å². The molecule has 1 saturated heterocycles. The zero-order valence-corrected chi connectivity index (χ0v) is 16.4. The van der Waals surface area contributed by atoms with Gasteiger partial charge < -0.3 is 9.47 Å². The lowest BCUT2D eigenvalue weighted by Gasteiger charge is -2.34. The Labute approximate surface area is 161 Å². The molecule has 27 heavy (non-hydrogen) atoms. The van der Waals surface area contributed by atoms with Gasteiger partial charge in [0.05, 0.1) is 6.54 Å². The van der Waals surface area contributed by atoms with Gasteiger partial charge in [-0.05, 0) is 56.3 Å². The lowest BCUT2D eigenvalue weighted by Crippen LogP contribution is -2.39. The number of hydrogen-bond donors (Lipinski definition) is 0. The topological polar surface area (TPSA) is 54.3 Å². The molecule has 2 aliphatic rings. The minimum atomic E-state index is 0.326. The average Bonchev–Trinajstić information content (AvgIpc) is 3.01. The monoisotopic (exact) mass is 367 g/mol. The molecule has 0 N–H and O–H groups in total. The lowest BCUT2D eigenvalue weighted by molar-refractivity contribution is -0.133. The molecule has 0 atom stereocenters. The van der Waals surface area contributed by atoms with Crippen LogP contribution in [0.4, 0.5) is 0 Å². The first-order chi connectivity index (χ1) is 13.1. The van der Waals surface area contributed by atoms with Gasteiger partial charge in [0.2, 0.25) is 5.91 Å². The van der Waals surface area contributed by atoms with Crippen molar-refractivity contribution in [3.63, 3.8) is 0 Å². The maximum absolute atomic E-state index is 12.8. The van der Waals surface area contributed by atoms with Crippen LogP contribution in [0.5, 0.6) is 0 Å². The van der Waals surface area contributed by atoms with Crippen LogP contribution in [0.25, 0.3) is 0 Å². The molecule has 0 unspecified atom stereocenters. The number of hydrogen-bond acceptors (Lipinski definition) is 4. The fourth-order valence-corrected chi connectivity index (χ4v) is 4.22. The standard InChI is InChI=1S/C21H29N5O/c1-16-22-23-20(24(16)2)15-25-10-7-17(8-11-25)13-21(27)26-12-9-18-5-3-4-6-19(18)14-26/h3-6,17H,7-15H2,1-2H3. The molecule has 0 saturated carbocycles. The third-order valence-electron chi connectivity index (χ3n) is 6.20. The number of benzene rings is 1. The fourth-order valence-electron chi connectivity index (χ4n) is 4.22. The molecule has 2 aliphatic heterocycles. The minimum absolute atomic E-state index is 0.326. The maximum Gasteiger partial charge on any atom is 0.223 e. The van der Waals surface area contributed by atoms with Crippen molar-refractivity contribution in [1.82, 2.24) is 24.6 Å². The van der Waals surface area contributed by atoms with Gasteiger partial charge in [0.15, 0.2) is 0 Å². The first-order valence-electron chi connectivity index (χ1n) is 10.0. The largest absolute Gasteiger partial charge is 0.338 e. The van der Waals surface area contributed by atoms with E-state index in [1.807, 2.05) is 14.0 Å². The molecule has 1 aromatic carbocycles. The van der Waals surface area contributed by atoms with Crippen LogP contribution in [-0.2, 0) is 31.4 Å². The summed E-state index contributed by atoms with van der Waals surface area (Å²) in [4.78, 5) is 17.3. The fraction of sp³-hybridized carbons (Fsp3) is 0.571. The first kappa shape index (κ1) is 18.2. The van der Waals surface area contributed by atoms with Gasteiger partial charge >= 0.3 is 0 Å². The molecule has 0 radical (unpaired) electrons. The third-order valence-corrected chi connectivity index (χ3v) is 6.20. The summed E-state index contributed by atoms with van der Waals surface area (Å²) in [6, 6.07) is 8.50. The number of aryl methyl sites for hydroxylation is 1. The van der Waals surface area contributed by atoms with E-state index in [9.17, 15) is 4.79 Å². The number of piperidine rings is 1. The summed E-state index contributed by atoms with van der Waals surface area (Å²) in [5.74, 6) is 2.81. The first-order valence-corrected chi connectivity index (χ1v) is 10.0. The van der Waals surface area contributed by atoms with Crippen LogP contribution in [0.1, 0.15) is 42.0 Å². The number of carbonyl (C=O) groups is 1. The molecule has 0 aliphatic carbocycles. The van der Waals surface area contributed by atoms with Gasteiger partial charge in [0.25, 0.3) is 0 Å². The second-order valence-corrected chi connectivity index (χ2v) is 7.98. The molecule has 6 nitrogen and oxygen atoms in total.